The fourth-order valence-corrected chi connectivity index (χ4v) is 3.11. The molecule has 0 aliphatic carbocycles. The van der Waals surface area contributed by atoms with Crippen molar-refractivity contribution in [2.45, 2.75) is 12.8 Å². The van der Waals surface area contributed by atoms with Crippen molar-refractivity contribution in [1.82, 2.24) is 0 Å². The average molecular weight is 308 g/mol. The van der Waals surface area contributed by atoms with Gasteiger partial charge < -0.3 is 15.0 Å². The predicted molar refractivity (Wildman–Crippen MR) is 87.0 cm³/mol. The molecule has 0 radical (unpaired) electrons. The molecule has 0 fully saturated rings. The van der Waals surface area contributed by atoms with Gasteiger partial charge in [-0.05, 0) is 42.7 Å². The predicted octanol–water partition coefficient (Wildman–Crippen LogP) is 2.61. The molecule has 2 aromatic carbocycles. The van der Waals surface area contributed by atoms with E-state index in [-0.39, 0.29) is 18.4 Å². The van der Waals surface area contributed by atoms with Crippen molar-refractivity contribution in [3.63, 3.8) is 0 Å². The summed E-state index contributed by atoms with van der Waals surface area (Å²) in [5, 5.41) is 2.73. The van der Waals surface area contributed by atoms with Gasteiger partial charge in [-0.2, -0.15) is 0 Å². The highest BCUT2D eigenvalue weighted by atomic mass is 16.5. The van der Waals surface area contributed by atoms with Gasteiger partial charge in [0.15, 0.2) is 6.61 Å². The summed E-state index contributed by atoms with van der Waals surface area (Å²) in [5.41, 5.74) is 3.36. The van der Waals surface area contributed by atoms with Crippen LogP contribution in [0.15, 0.2) is 42.5 Å². The normalized spacial score (nSPS) is 16.0. The number of para-hydroxylation sites is 1. The number of rotatable bonds is 1. The Morgan fingerprint density at radius 2 is 2.04 bits per heavy atom. The molecule has 23 heavy (non-hydrogen) atoms. The van der Waals surface area contributed by atoms with Crippen LogP contribution in [-0.2, 0) is 11.2 Å². The molecule has 2 aromatic rings. The molecule has 0 aromatic heterocycles. The Balaban J connectivity index is 1.67. The molecular weight excluding hydrogens is 292 g/mol. The summed E-state index contributed by atoms with van der Waals surface area (Å²) in [6, 6.07) is 13.2. The number of anilines is 2. The van der Waals surface area contributed by atoms with Crippen molar-refractivity contribution in [2.75, 3.05) is 23.4 Å². The fourth-order valence-electron chi connectivity index (χ4n) is 3.11. The molecule has 1 N–H and O–H groups in total. The lowest BCUT2D eigenvalue weighted by Gasteiger charge is -2.30. The molecule has 0 saturated heterocycles. The van der Waals surface area contributed by atoms with Gasteiger partial charge in [0.25, 0.3) is 11.8 Å². The average Bonchev–Trinajstić information content (AvgIpc) is 2.60. The van der Waals surface area contributed by atoms with E-state index in [4.69, 9.17) is 4.74 Å². The number of benzene rings is 2. The first kappa shape index (κ1) is 13.8. The third kappa shape index (κ3) is 2.44. The van der Waals surface area contributed by atoms with Crippen LogP contribution < -0.4 is 15.0 Å². The first-order chi connectivity index (χ1) is 11.2. The molecule has 2 aliphatic heterocycles. The summed E-state index contributed by atoms with van der Waals surface area (Å²) < 4.78 is 5.40. The fraction of sp³-hybridized carbons (Fsp3) is 0.222. The van der Waals surface area contributed by atoms with E-state index in [2.05, 4.69) is 11.4 Å². The van der Waals surface area contributed by atoms with Crippen molar-refractivity contribution in [3.05, 3.63) is 53.6 Å². The van der Waals surface area contributed by atoms with Gasteiger partial charge in [0.2, 0.25) is 0 Å². The number of hydrogen-bond donors (Lipinski definition) is 1. The highest BCUT2D eigenvalue weighted by Gasteiger charge is 2.25. The zero-order valence-electron chi connectivity index (χ0n) is 12.5. The van der Waals surface area contributed by atoms with Crippen molar-refractivity contribution >= 4 is 23.2 Å². The van der Waals surface area contributed by atoms with E-state index in [1.54, 1.807) is 18.2 Å². The van der Waals surface area contributed by atoms with Crippen LogP contribution in [0.4, 0.5) is 11.4 Å². The Labute approximate surface area is 133 Å². The zero-order chi connectivity index (χ0) is 15.8. The van der Waals surface area contributed by atoms with E-state index in [9.17, 15) is 9.59 Å². The summed E-state index contributed by atoms with van der Waals surface area (Å²) in [5.74, 6) is 0.322. The van der Waals surface area contributed by atoms with Crippen LogP contribution in [0.2, 0.25) is 0 Å². The Kier molecular flexibility index (Phi) is 3.26. The molecule has 116 valence electrons. The minimum atomic E-state index is -0.179. The van der Waals surface area contributed by atoms with Crippen molar-refractivity contribution in [1.29, 1.82) is 0 Å². The minimum Gasteiger partial charge on any atom is -0.482 e. The standard InChI is InChI=1S/C18H16N2O3/c21-17-11-23-16-10-13(7-8-14(16)19-17)18(22)20-9-3-5-12-4-1-2-6-15(12)20/h1-2,4,6-8,10H,3,5,9,11H2,(H,19,21). The molecule has 2 aliphatic rings. The van der Waals surface area contributed by atoms with Crippen LogP contribution >= 0.6 is 0 Å². The monoisotopic (exact) mass is 308 g/mol. The van der Waals surface area contributed by atoms with Crippen molar-refractivity contribution in [2.24, 2.45) is 0 Å². The third-order valence-electron chi connectivity index (χ3n) is 4.22. The van der Waals surface area contributed by atoms with Crippen molar-refractivity contribution < 1.29 is 14.3 Å². The second-order valence-electron chi connectivity index (χ2n) is 5.74. The minimum absolute atomic E-state index is 0.0167. The first-order valence-corrected chi connectivity index (χ1v) is 7.69. The molecule has 4 rings (SSSR count). The van der Waals surface area contributed by atoms with Crippen LogP contribution in [0.5, 0.6) is 5.75 Å². The smallest absolute Gasteiger partial charge is 0.262 e. The summed E-state index contributed by atoms with van der Waals surface area (Å²) in [7, 11) is 0. The highest BCUT2D eigenvalue weighted by Crippen LogP contribution is 2.32. The topological polar surface area (TPSA) is 58.6 Å². The van der Waals surface area contributed by atoms with E-state index in [1.165, 1.54) is 5.56 Å². The van der Waals surface area contributed by atoms with Gasteiger partial charge in [-0.25, -0.2) is 0 Å². The second-order valence-corrected chi connectivity index (χ2v) is 5.74. The van der Waals surface area contributed by atoms with Crippen LogP contribution in [0.1, 0.15) is 22.3 Å². The van der Waals surface area contributed by atoms with Crippen LogP contribution in [-0.4, -0.2) is 25.0 Å². The summed E-state index contributed by atoms with van der Waals surface area (Å²) >= 11 is 0. The molecule has 0 spiro atoms. The quantitative estimate of drug-likeness (QED) is 0.881. The van der Waals surface area contributed by atoms with Gasteiger partial charge in [0, 0.05) is 17.8 Å². The molecule has 0 unspecified atom stereocenters. The lowest BCUT2D eigenvalue weighted by molar-refractivity contribution is -0.118. The number of aryl methyl sites for hydroxylation is 1. The highest BCUT2D eigenvalue weighted by molar-refractivity contribution is 6.07. The van der Waals surface area contributed by atoms with Crippen molar-refractivity contribution in [3.8, 4) is 5.75 Å². The van der Waals surface area contributed by atoms with Gasteiger partial charge in [0.1, 0.15) is 5.75 Å². The third-order valence-corrected chi connectivity index (χ3v) is 4.22. The second kappa shape index (κ2) is 5.43. The Morgan fingerprint density at radius 1 is 1.17 bits per heavy atom. The van der Waals surface area contributed by atoms with E-state index >= 15 is 0 Å². The van der Waals surface area contributed by atoms with Gasteiger partial charge in [0.05, 0.1) is 5.69 Å². The van der Waals surface area contributed by atoms with E-state index in [0.717, 1.165) is 18.5 Å². The summed E-state index contributed by atoms with van der Waals surface area (Å²) in [6.07, 6.45) is 1.96. The Bertz CT molecular complexity index is 801. The van der Waals surface area contributed by atoms with E-state index < -0.39 is 0 Å². The number of nitrogens with one attached hydrogen (secondary N) is 1. The number of hydrogen-bond acceptors (Lipinski definition) is 3. The lowest BCUT2D eigenvalue weighted by Crippen LogP contribution is -2.35. The molecular formula is C18H16N2O3. The number of carbonyl (C=O) groups is 2. The summed E-state index contributed by atoms with van der Waals surface area (Å²) in [4.78, 5) is 26.0. The molecule has 5 heteroatoms. The zero-order valence-corrected chi connectivity index (χ0v) is 12.5. The SMILES string of the molecule is O=C1COc2cc(C(=O)N3CCCc4ccccc43)ccc2N1. The van der Waals surface area contributed by atoms with Gasteiger partial charge in [-0.15, -0.1) is 0 Å². The Hall–Kier alpha value is -2.82. The van der Waals surface area contributed by atoms with Crippen LogP contribution in [0, 0.1) is 0 Å². The van der Waals surface area contributed by atoms with Gasteiger partial charge >= 0.3 is 0 Å². The molecule has 2 heterocycles. The maximum Gasteiger partial charge on any atom is 0.262 e. The number of fused-ring (bicyclic) bond motifs is 2. The molecule has 0 saturated carbocycles. The van der Waals surface area contributed by atoms with Gasteiger partial charge in [-0.1, -0.05) is 18.2 Å². The maximum absolute atomic E-state index is 12.9. The molecule has 0 bridgehead atoms. The van der Waals surface area contributed by atoms with Crippen LogP contribution in [0.25, 0.3) is 0 Å². The summed E-state index contributed by atoms with van der Waals surface area (Å²) in [6.45, 7) is 0.696. The first-order valence-electron chi connectivity index (χ1n) is 7.69. The van der Waals surface area contributed by atoms with Crippen LogP contribution in [0.3, 0.4) is 0 Å². The Morgan fingerprint density at radius 3 is 2.96 bits per heavy atom. The number of carbonyl (C=O) groups excluding carboxylic acids is 2. The lowest BCUT2D eigenvalue weighted by atomic mass is 10.0. The van der Waals surface area contributed by atoms with Gasteiger partial charge in [-0.3, -0.25) is 9.59 Å². The molecule has 5 nitrogen and oxygen atoms in total. The van der Waals surface area contributed by atoms with E-state index in [1.807, 2.05) is 23.1 Å². The maximum atomic E-state index is 12.9. The number of nitrogens with zero attached hydrogens (tertiary/aromatic N) is 1. The molecule has 2 amide bonds. The van der Waals surface area contributed by atoms with E-state index in [0.29, 0.717) is 23.5 Å². The number of ether oxygens (including phenoxy) is 1. The molecule has 0 atom stereocenters. The number of amides is 2. The largest absolute Gasteiger partial charge is 0.482 e.